The van der Waals surface area contributed by atoms with Gasteiger partial charge in [0.25, 0.3) is 5.91 Å². The molecular formula is C18H18F2N2O3. The van der Waals surface area contributed by atoms with Crippen molar-refractivity contribution in [2.75, 3.05) is 13.1 Å². The van der Waals surface area contributed by atoms with Gasteiger partial charge in [-0.25, -0.2) is 8.78 Å². The number of amides is 2. The molecule has 7 heteroatoms. The second-order valence-corrected chi connectivity index (χ2v) is 5.49. The molecule has 2 aromatic carbocycles. The molecule has 0 fully saturated rings. The number of aryl methyl sites for hydroxylation is 1. The Balaban J connectivity index is 1.81. The van der Waals surface area contributed by atoms with Crippen LogP contribution in [0.25, 0.3) is 0 Å². The summed E-state index contributed by atoms with van der Waals surface area (Å²) in [5.74, 6) is -3.41. The Morgan fingerprint density at radius 1 is 1.08 bits per heavy atom. The molecule has 0 spiro atoms. The molecule has 3 N–H and O–H groups in total. The van der Waals surface area contributed by atoms with E-state index in [1.165, 1.54) is 0 Å². The highest BCUT2D eigenvalue weighted by Crippen LogP contribution is 2.16. The fraction of sp³-hybridized carbons (Fsp3) is 0.222. The molecule has 0 heterocycles. The number of nitrogens with one attached hydrogen (secondary N) is 2. The van der Waals surface area contributed by atoms with Gasteiger partial charge in [0.1, 0.15) is 0 Å². The van der Waals surface area contributed by atoms with Crippen molar-refractivity contribution in [3.63, 3.8) is 0 Å². The second kappa shape index (κ2) is 8.34. The van der Waals surface area contributed by atoms with Gasteiger partial charge in [-0.15, -0.1) is 0 Å². The smallest absolute Gasteiger partial charge is 0.251 e. The first kappa shape index (κ1) is 18.5. The lowest BCUT2D eigenvalue weighted by Gasteiger charge is -2.14. The summed E-state index contributed by atoms with van der Waals surface area (Å²) in [5.41, 5.74) is 1.51. The molecule has 0 saturated heterocycles. The maximum atomic E-state index is 13.1. The third kappa shape index (κ3) is 5.09. The van der Waals surface area contributed by atoms with Crippen LogP contribution in [0.5, 0.6) is 0 Å². The first-order valence-corrected chi connectivity index (χ1v) is 7.62. The molecule has 0 aliphatic carbocycles. The first-order chi connectivity index (χ1) is 11.9. The van der Waals surface area contributed by atoms with Gasteiger partial charge in [-0.3, -0.25) is 9.59 Å². The summed E-state index contributed by atoms with van der Waals surface area (Å²) in [6, 6.07) is 9.95. The van der Waals surface area contributed by atoms with Gasteiger partial charge < -0.3 is 15.7 Å². The lowest BCUT2D eigenvalue weighted by molar-refractivity contribution is -0.120. The van der Waals surface area contributed by atoms with Crippen molar-refractivity contribution in [3.8, 4) is 0 Å². The first-order valence-electron chi connectivity index (χ1n) is 7.62. The molecule has 1 atom stereocenters. The summed E-state index contributed by atoms with van der Waals surface area (Å²) in [7, 11) is 0. The molecule has 0 aliphatic heterocycles. The van der Waals surface area contributed by atoms with E-state index in [0.29, 0.717) is 5.56 Å². The van der Waals surface area contributed by atoms with Gasteiger partial charge in [-0.1, -0.05) is 24.3 Å². The lowest BCUT2D eigenvalue weighted by Crippen LogP contribution is -2.38. The summed E-state index contributed by atoms with van der Waals surface area (Å²) >= 11 is 0. The third-order valence-corrected chi connectivity index (χ3v) is 3.63. The van der Waals surface area contributed by atoms with Crippen molar-refractivity contribution in [3.05, 3.63) is 70.8 Å². The zero-order valence-electron chi connectivity index (χ0n) is 13.6. The lowest BCUT2D eigenvalue weighted by atomic mass is 10.0. The van der Waals surface area contributed by atoms with Crippen LogP contribution in [-0.2, 0) is 4.79 Å². The number of benzene rings is 2. The Hall–Kier alpha value is -2.80. The highest BCUT2D eigenvalue weighted by atomic mass is 19.2. The van der Waals surface area contributed by atoms with E-state index in [1.54, 1.807) is 12.1 Å². The summed E-state index contributed by atoms with van der Waals surface area (Å²) in [6.07, 6.45) is -0.868. The minimum absolute atomic E-state index is 0.00919. The summed E-state index contributed by atoms with van der Waals surface area (Å²) in [5, 5.41) is 14.9. The van der Waals surface area contributed by atoms with E-state index in [2.05, 4.69) is 10.6 Å². The third-order valence-electron chi connectivity index (χ3n) is 3.63. The van der Waals surface area contributed by atoms with Crippen LogP contribution < -0.4 is 10.6 Å². The molecule has 25 heavy (non-hydrogen) atoms. The van der Waals surface area contributed by atoms with Crippen molar-refractivity contribution >= 4 is 11.8 Å². The van der Waals surface area contributed by atoms with Gasteiger partial charge in [0.05, 0.1) is 12.6 Å². The normalized spacial score (nSPS) is 11.7. The molecular weight excluding hydrogens is 330 g/mol. The number of halogens is 2. The molecule has 0 aliphatic rings. The molecule has 0 saturated carbocycles. The van der Waals surface area contributed by atoms with E-state index >= 15 is 0 Å². The predicted molar refractivity (Wildman–Crippen MR) is 87.8 cm³/mol. The van der Waals surface area contributed by atoms with Crippen LogP contribution in [0.4, 0.5) is 8.78 Å². The fourth-order valence-corrected chi connectivity index (χ4v) is 2.24. The van der Waals surface area contributed by atoms with Gasteiger partial charge in [0, 0.05) is 12.1 Å². The SMILES string of the molecule is Cc1ccccc1C(O)CNC(=O)CNC(=O)c1ccc(F)c(F)c1. The van der Waals surface area contributed by atoms with Crippen LogP contribution in [0.1, 0.15) is 27.6 Å². The minimum atomic E-state index is -1.14. The van der Waals surface area contributed by atoms with Crippen LogP contribution in [0.2, 0.25) is 0 Å². The maximum absolute atomic E-state index is 13.1. The van der Waals surface area contributed by atoms with Gasteiger partial charge in [-0.05, 0) is 36.2 Å². The van der Waals surface area contributed by atoms with Gasteiger partial charge in [-0.2, -0.15) is 0 Å². The quantitative estimate of drug-likeness (QED) is 0.746. The van der Waals surface area contributed by atoms with E-state index in [9.17, 15) is 23.5 Å². The highest BCUT2D eigenvalue weighted by molar-refractivity contribution is 5.96. The largest absolute Gasteiger partial charge is 0.387 e. The molecule has 2 rings (SSSR count). The van der Waals surface area contributed by atoms with Crippen LogP contribution >= 0.6 is 0 Å². The summed E-state index contributed by atoms with van der Waals surface area (Å²) in [6.45, 7) is 1.49. The van der Waals surface area contributed by atoms with Crippen molar-refractivity contribution in [1.29, 1.82) is 0 Å². The average molecular weight is 348 g/mol. The molecule has 1 unspecified atom stereocenters. The van der Waals surface area contributed by atoms with E-state index in [-0.39, 0.29) is 18.7 Å². The number of carbonyl (C=O) groups is 2. The number of hydrogen-bond acceptors (Lipinski definition) is 3. The Labute approximate surface area is 143 Å². The molecule has 0 aromatic heterocycles. The van der Waals surface area contributed by atoms with E-state index in [1.807, 2.05) is 19.1 Å². The number of aliphatic hydroxyl groups excluding tert-OH is 1. The number of hydrogen-bond donors (Lipinski definition) is 3. The number of rotatable bonds is 6. The van der Waals surface area contributed by atoms with Gasteiger partial charge >= 0.3 is 0 Å². The number of carbonyl (C=O) groups excluding carboxylic acids is 2. The van der Waals surface area contributed by atoms with E-state index < -0.39 is 29.6 Å². The number of aliphatic hydroxyl groups is 1. The molecule has 132 valence electrons. The van der Waals surface area contributed by atoms with Gasteiger partial charge in [0.15, 0.2) is 11.6 Å². The van der Waals surface area contributed by atoms with Crippen molar-refractivity contribution in [1.82, 2.24) is 10.6 Å². The molecule has 0 bridgehead atoms. The molecule has 2 amide bonds. The Morgan fingerprint density at radius 3 is 2.48 bits per heavy atom. The summed E-state index contributed by atoms with van der Waals surface area (Å²) in [4.78, 5) is 23.5. The monoisotopic (exact) mass is 348 g/mol. The maximum Gasteiger partial charge on any atom is 0.251 e. The second-order valence-electron chi connectivity index (χ2n) is 5.49. The van der Waals surface area contributed by atoms with Crippen LogP contribution in [-0.4, -0.2) is 30.0 Å². The molecule has 0 radical (unpaired) electrons. The average Bonchev–Trinajstić information content (AvgIpc) is 2.60. The van der Waals surface area contributed by atoms with Crippen molar-refractivity contribution in [2.24, 2.45) is 0 Å². The van der Waals surface area contributed by atoms with Gasteiger partial charge in [0.2, 0.25) is 5.91 Å². The van der Waals surface area contributed by atoms with Crippen LogP contribution in [0.3, 0.4) is 0 Å². The summed E-state index contributed by atoms with van der Waals surface area (Å²) < 4.78 is 25.9. The standard InChI is InChI=1S/C18H18F2N2O3/c1-11-4-2-3-5-13(11)16(23)9-21-17(24)10-22-18(25)12-6-7-14(19)15(20)8-12/h2-8,16,23H,9-10H2,1H3,(H,21,24)(H,22,25). The Kier molecular flexibility index (Phi) is 6.19. The fourth-order valence-electron chi connectivity index (χ4n) is 2.24. The zero-order valence-corrected chi connectivity index (χ0v) is 13.6. The highest BCUT2D eigenvalue weighted by Gasteiger charge is 2.13. The Bertz CT molecular complexity index is 781. The van der Waals surface area contributed by atoms with Crippen LogP contribution in [0, 0.1) is 18.6 Å². The molecule has 5 nitrogen and oxygen atoms in total. The molecule has 2 aromatic rings. The zero-order chi connectivity index (χ0) is 18.4. The minimum Gasteiger partial charge on any atom is -0.387 e. The van der Waals surface area contributed by atoms with E-state index in [4.69, 9.17) is 0 Å². The predicted octanol–water partition coefficient (Wildman–Crippen LogP) is 1.85. The van der Waals surface area contributed by atoms with Crippen molar-refractivity contribution in [2.45, 2.75) is 13.0 Å². The van der Waals surface area contributed by atoms with Crippen LogP contribution in [0.15, 0.2) is 42.5 Å². The van der Waals surface area contributed by atoms with E-state index in [0.717, 1.165) is 23.8 Å². The topological polar surface area (TPSA) is 78.4 Å². The van der Waals surface area contributed by atoms with Crippen molar-refractivity contribution < 1.29 is 23.5 Å². The Morgan fingerprint density at radius 2 is 1.80 bits per heavy atom.